The number of Topliss-reactive ketones (excluding diaryl/α,β-unsaturated/α-hetero) is 1. The van der Waals surface area contributed by atoms with E-state index in [1.807, 2.05) is 31.2 Å². The van der Waals surface area contributed by atoms with E-state index in [4.69, 9.17) is 0 Å². The first kappa shape index (κ1) is 15.4. The Kier molecular flexibility index (Phi) is 6.26. The van der Waals surface area contributed by atoms with Crippen LogP contribution in [-0.4, -0.2) is 18.2 Å². The second-order valence-corrected chi connectivity index (χ2v) is 5.27. The van der Waals surface area contributed by atoms with Gasteiger partial charge in [-0.2, -0.15) is 0 Å². The number of hydrogen-bond donors (Lipinski definition) is 1. The van der Waals surface area contributed by atoms with E-state index in [0.717, 1.165) is 17.5 Å². The van der Waals surface area contributed by atoms with E-state index < -0.39 is 0 Å². The summed E-state index contributed by atoms with van der Waals surface area (Å²) in [4.78, 5) is 23.6. The summed E-state index contributed by atoms with van der Waals surface area (Å²) in [6.45, 7) is 6.84. The first-order valence-corrected chi connectivity index (χ1v) is 6.86. The van der Waals surface area contributed by atoms with Crippen LogP contribution in [0, 0.1) is 12.8 Å². The van der Waals surface area contributed by atoms with Gasteiger partial charge in [-0.05, 0) is 24.8 Å². The predicted molar refractivity (Wildman–Crippen MR) is 77.2 cm³/mol. The molecule has 0 unspecified atom stereocenters. The van der Waals surface area contributed by atoms with Gasteiger partial charge in [0.25, 0.3) is 0 Å². The van der Waals surface area contributed by atoms with Crippen LogP contribution in [-0.2, 0) is 4.79 Å². The van der Waals surface area contributed by atoms with Crippen LogP contribution < -0.4 is 5.32 Å². The lowest BCUT2D eigenvalue weighted by molar-refractivity contribution is -0.121. The summed E-state index contributed by atoms with van der Waals surface area (Å²) in [5.41, 5.74) is 1.69. The van der Waals surface area contributed by atoms with Gasteiger partial charge in [0.2, 0.25) is 5.91 Å². The number of carbonyl (C=O) groups is 2. The summed E-state index contributed by atoms with van der Waals surface area (Å²) in [7, 11) is 0. The van der Waals surface area contributed by atoms with Crippen molar-refractivity contribution < 1.29 is 9.59 Å². The number of benzene rings is 1. The standard InChI is InChI=1S/C16H23NO2/c1-12(2)10-11-17-16(19)9-8-15(18)14-7-5-4-6-13(14)3/h4-7,12H,8-11H2,1-3H3,(H,17,19). The highest BCUT2D eigenvalue weighted by Gasteiger charge is 2.10. The molecule has 0 fully saturated rings. The summed E-state index contributed by atoms with van der Waals surface area (Å²) in [6.07, 6.45) is 1.51. The number of nitrogens with one attached hydrogen (secondary N) is 1. The smallest absolute Gasteiger partial charge is 0.220 e. The average Bonchev–Trinajstić information content (AvgIpc) is 2.36. The van der Waals surface area contributed by atoms with Crippen molar-refractivity contribution in [2.24, 2.45) is 5.92 Å². The van der Waals surface area contributed by atoms with Gasteiger partial charge in [-0.1, -0.05) is 38.1 Å². The zero-order valence-corrected chi connectivity index (χ0v) is 12.0. The second-order valence-electron chi connectivity index (χ2n) is 5.27. The van der Waals surface area contributed by atoms with Gasteiger partial charge >= 0.3 is 0 Å². The van der Waals surface area contributed by atoms with Crippen LogP contribution in [0.5, 0.6) is 0 Å². The molecular formula is C16H23NO2. The lowest BCUT2D eigenvalue weighted by Gasteiger charge is -2.07. The molecule has 1 amide bonds. The predicted octanol–water partition coefficient (Wildman–Crippen LogP) is 3.12. The van der Waals surface area contributed by atoms with Gasteiger partial charge in [0.15, 0.2) is 5.78 Å². The molecule has 0 radical (unpaired) electrons. The van der Waals surface area contributed by atoms with Crippen molar-refractivity contribution in [3.05, 3.63) is 35.4 Å². The lowest BCUT2D eigenvalue weighted by atomic mass is 10.0. The number of hydrogen-bond acceptors (Lipinski definition) is 2. The summed E-state index contributed by atoms with van der Waals surface area (Å²) in [6, 6.07) is 7.48. The minimum absolute atomic E-state index is 0.0390. The third kappa shape index (κ3) is 5.69. The molecule has 0 spiro atoms. The van der Waals surface area contributed by atoms with Crippen molar-refractivity contribution in [2.75, 3.05) is 6.54 Å². The first-order chi connectivity index (χ1) is 9.00. The van der Waals surface area contributed by atoms with Gasteiger partial charge < -0.3 is 5.32 Å². The van der Waals surface area contributed by atoms with E-state index in [-0.39, 0.29) is 24.5 Å². The molecule has 0 heterocycles. The highest BCUT2D eigenvalue weighted by atomic mass is 16.2. The van der Waals surface area contributed by atoms with Crippen molar-refractivity contribution in [1.29, 1.82) is 0 Å². The van der Waals surface area contributed by atoms with Crippen molar-refractivity contribution >= 4 is 11.7 Å². The van der Waals surface area contributed by atoms with Gasteiger partial charge in [-0.3, -0.25) is 9.59 Å². The van der Waals surface area contributed by atoms with E-state index in [2.05, 4.69) is 19.2 Å². The van der Waals surface area contributed by atoms with Crippen LogP contribution in [0.25, 0.3) is 0 Å². The third-order valence-electron chi connectivity index (χ3n) is 3.07. The SMILES string of the molecule is Cc1ccccc1C(=O)CCC(=O)NCCC(C)C. The monoisotopic (exact) mass is 261 g/mol. The Morgan fingerprint density at radius 1 is 1.16 bits per heavy atom. The Balaban J connectivity index is 2.34. The molecule has 0 aromatic heterocycles. The minimum Gasteiger partial charge on any atom is -0.356 e. The van der Waals surface area contributed by atoms with Crippen LogP contribution >= 0.6 is 0 Å². The zero-order chi connectivity index (χ0) is 14.3. The van der Waals surface area contributed by atoms with Gasteiger partial charge in [-0.15, -0.1) is 0 Å². The second kappa shape index (κ2) is 7.72. The number of amides is 1. The number of ketones is 1. The maximum atomic E-state index is 12.0. The first-order valence-electron chi connectivity index (χ1n) is 6.86. The Bertz CT molecular complexity index is 438. The number of rotatable bonds is 7. The topological polar surface area (TPSA) is 46.2 Å². The summed E-state index contributed by atoms with van der Waals surface area (Å²) in [5, 5.41) is 2.84. The Morgan fingerprint density at radius 2 is 1.84 bits per heavy atom. The molecule has 0 bridgehead atoms. The highest BCUT2D eigenvalue weighted by molar-refractivity contribution is 5.99. The lowest BCUT2D eigenvalue weighted by Crippen LogP contribution is -2.25. The van der Waals surface area contributed by atoms with Crippen LogP contribution in [0.15, 0.2) is 24.3 Å². The molecule has 0 saturated heterocycles. The largest absolute Gasteiger partial charge is 0.356 e. The molecule has 0 aliphatic heterocycles. The molecule has 0 saturated carbocycles. The molecule has 1 rings (SSSR count). The van der Waals surface area contributed by atoms with Crippen LogP contribution in [0.1, 0.15) is 49.0 Å². The van der Waals surface area contributed by atoms with Crippen LogP contribution in [0.3, 0.4) is 0 Å². The molecule has 3 heteroatoms. The average molecular weight is 261 g/mol. The van der Waals surface area contributed by atoms with E-state index in [1.54, 1.807) is 0 Å². The van der Waals surface area contributed by atoms with Crippen molar-refractivity contribution in [1.82, 2.24) is 5.32 Å². The molecule has 19 heavy (non-hydrogen) atoms. The maximum absolute atomic E-state index is 12.0. The molecule has 1 N–H and O–H groups in total. The minimum atomic E-state index is -0.0393. The van der Waals surface area contributed by atoms with Crippen LogP contribution in [0.2, 0.25) is 0 Å². The third-order valence-corrected chi connectivity index (χ3v) is 3.07. The van der Waals surface area contributed by atoms with E-state index in [1.165, 1.54) is 0 Å². The van der Waals surface area contributed by atoms with Crippen molar-refractivity contribution in [2.45, 2.75) is 40.0 Å². The van der Waals surface area contributed by atoms with E-state index >= 15 is 0 Å². The molecule has 0 aliphatic carbocycles. The maximum Gasteiger partial charge on any atom is 0.220 e. The fraction of sp³-hybridized carbons (Fsp3) is 0.500. The molecule has 1 aromatic rings. The van der Waals surface area contributed by atoms with Crippen LogP contribution in [0.4, 0.5) is 0 Å². The molecule has 0 aliphatic rings. The Hall–Kier alpha value is -1.64. The molecule has 0 atom stereocenters. The van der Waals surface area contributed by atoms with E-state index in [9.17, 15) is 9.59 Å². The normalized spacial score (nSPS) is 10.5. The van der Waals surface area contributed by atoms with E-state index in [0.29, 0.717) is 12.5 Å². The Morgan fingerprint density at radius 3 is 2.47 bits per heavy atom. The summed E-state index contributed by atoms with van der Waals surface area (Å²) in [5.74, 6) is 0.577. The molecule has 1 aromatic carbocycles. The van der Waals surface area contributed by atoms with Gasteiger partial charge in [0, 0.05) is 24.9 Å². The fourth-order valence-corrected chi connectivity index (χ4v) is 1.84. The molecule has 104 valence electrons. The van der Waals surface area contributed by atoms with Gasteiger partial charge in [0.05, 0.1) is 0 Å². The Labute approximate surface area is 115 Å². The summed E-state index contributed by atoms with van der Waals surface area (Å²) < 4.78 is 0. The molecular weight excluding hydrogens is 238 g/mol. The number of aryl methyl sites for hydroxylation is 1. The van der Waals surface area contributed by atoms with Crippen molar-refractivity contribution in [3.63, 3.8) is 0 Å². The quantitative estimate of drug-likeness (QED) is 0.766. The van der Waals surface area contributed by atoms with Gasteiger partial charge in [-0.25, -0.2) is 0 Å². The number of carbonyl (C=O) groups excluding carboxylic acids is 2. The van der Waals surface area contributed by atoms with Crippen molar-refractivity contribution in [3.8, 4) is 0 Å². The zero-order valence-electron chi connectivity index (χ0n) is 12.0. The molecule has 3 nitrogen and oxygen atoms in total. The summed E-state index contributed by atoms with van der Waals surface area (Å²) >= 11 is 0. The fourth-order valence-electron chi connectivity index (χ4n) is 1.84. The highest BCUT2D eigenvalue weighted by Crippen LogP contribution is 2.10. The van der Waals surface area contributed by atoms with Gasteiger partial charge in [0.1, 0.15) is 0 Å².